The molecule has 1 amide bonds. The van der Waals surface area contributed by atoms with E-state index < -0.39 is 10.0 Å². The number of amides is 1. The van der Waals surface area contributed by atoms with Crippen molar-refractivity contribution in [3.63, 3.8) is 0 Å². The van der Waals surface area contributed by atoms with Crippen LogP contribution in [0.15, 0.2) is 64.5 Å². The van der Waals surface area contributed by atoms with Crippen LogP contribution in [-0.4, -0.2) is 38.2 Å². The Bertz CT molecular complexity index is 1220. The Hall–Kier alpha value is -3.26. The summed E-state index contributed by atoms with van der Waals surface area (Å²) in [7, 11) is -3.56. The molecule has 1 aliphatic heterocycles. The number of carbonyl (C=O) groups excluding carboxylic acids is 1. The molecule has 0 bridgehead atoms. The van der Waals surface area contributed by atoms with E-state index in [4.69, 9.17) is 0 Å². The van der Waals surface area contributed by atoms with Gasteiger partial charge in [-0.2, -0.15) is 0 Å². The van der Waals surface area contributed by atoms with Gasteiger partial charge in [0.25, 0.3) is 15.9 Å². The number of hydrogen-bond donors (Lipinski definition) is 2. The van der Waals surface area contributed by atoms with E-state index in [0.717, 1.165) is 16.6 Å². The fraction of sp³-hybridized carbons (Fsp3) is 0.150. The minimum atomic E-state index is -3.56. The third-order valence-electron chi connectivity index (χ3n) is 4.42. The highest BCUT2D eigenvalue weighted by Crippen LogP contribution is 2.22. The molecule has 1 aromatic heterocycles. The van der Waals surface area contributed by atoms with Crippen molar-refractivity contribution in [1.29, 1.82) is 0 Å². The second kappa shape index (κ2) is 7.05. The summed E-state index contributed by atoms with van der Waals surface area (Å²) in [5.41, 5.74) is 2.64. The average molecular weight is 394 g/mol. The van der Waals surface area contributed by atoms with Crippen molar-refractivity contribution in [2.24, 2.45) is 4.99 Å². The fourth-order valence-corrected chi connectivity index (χ4v) is 4.43. The van der Waals surface area contributed by atoms with Crippen LogP contribution in [-0.2, 0) is 10.0 Å². The zero-order valence-corrected chi connectivity index (χ0v) is 16.0. The predicted molar refractivity (Wildman–Crippen MR) is 107 cm³/mol. The van der Waals surface area contributed by atoms with Crippen LogP contribution in [0.25, 0.3) is 10.9 Å². The van der Waals surface area contributed by atoms with E-state index in [9.17, 15) is 13.2 Å². The van der Waals surface area contributed by atoms with Crippen LogP contribution in [0.1, 0.15) is 21.6 Å². The van der Waals surface area contributed by atoms with Crippen LogP contribution < -0.4 is 10.0 Å². The van der Waals surface area contributed by atoms with Crippen molar-refractivity contribution in [2.75, 3.05) is 13.1 Å². The zero-order valence-electron chi connectivity index (χ0n) is 15.1. The molecule has 1 aliphatic rings. The number of fused-ring (bicyclic) bond motifs is 2. The molecule has 2 heterocycles. The molecule has 0 unspecified atom stereocenters. The van der Waals surface area contributed by atoms with Gasteiger partial charge in [-0.3, -0.25) is 19.5 Å². The van der Waals surface area contributed by atoms with Gasteiger partial charge in [-0.25, -0.2) is 8.42 Å². The number of nitrogens with zero attached hydrogens (tertiary/aromatic N) is 2. The van der Waals surface area contributed by atoms with Gasteiger partial charge in [-0.15, -0.1) is 0 Å². The first-order valence-corrected chi connectivity index (χ1v) is 10.3. The van der Waals surface area contributed by atoms with Crippen molar-refractivity contribution < 1.29 is 13.2 Å². The Kier molecular flexibility index (Phi) is 4.56. The van der Waals surface area contributed by atoms with Crippen LogP contribution >= 0.6 is 0 Å². The van der Waals surface area contributed by atoms with Gasteiger partial charge in [0, 0.05) is 23.2 Å². The summed E-state index contributed by atoms with van der Waals surface area (Å²) in [6, 6.07) is 15.9. The van der Waals surface area contributed by atoms with E-state index in [0.29, 0.717) is 17.0 Å². The highest BCUT2D eigenvalue weighted by molar-refractivity contribution is 7.90. The number of sulfonamides is 1. The molecule has 2 N–H and O–H groups in total. The molecule has 3 aromatic rings. The maximum Gasteiger partial charge on any atom is 0.263 e. The van der Waals surface area contributed by atoms with Gasteiger partial charge in [0.15, 0.2) is 0 Å². The van der Waals surface area contributed by atoms with E-state index in [1.807, 2.05) is 31.2 Å². The number of pyridine rings is 1. The lowest BCUT2D eigenvalue weighted by molar-refractivity contribution is 0.0956. The minimum absolute atomic E-state index is 0.214. The van der Waals surface area contributed by atoms with Gasteiger partial charge in [0.05, 0.1) is 22.5 Å². The maximum absolute atomic E-state index is 12.6. The lowest BCUT2D eigenvalue weighted by Crippen LogP contribution is -2.28. The SMILES string of the molecule is Cc1cc(C(=O)NCCN=C2NS(=O)(=O)c3ccccc32)c2ccccc2n1. The van der Waals surface area contributed by atoms with Crippen LogP contribution in [0.4, 0.5) is 0 Å². The number of aliphatic imine (C=N–C) groups is 1. The van der Waals surface area contributed by atoms with Gasteiger partial charge in [-0.05, 0) is 31.2 Å². The predicted octanol–water partition coefficient (Wildman–Crippen LogP) is 2.01. The molecule has 142 valence electrons. The molecule has 2 aromatic carbocycles. The smallest absolute Gasteiger partial charge is 0.263 e. The van der Waals surface area contributed by atoms with Crippen LogP contribution in [0.5, 0.6) is 0 Å². The van der Waals surface area contributed by atoms with Crippen LogP contribution in [0.3, 0.4) is 0 Å². The third-order valence-corrected chi connectivity index (χ3v) is 5.82. The summed E-state index contributed by atoms with van der Waals surface area (Å²) in [5.74, 6) is 0.0874. The third kappa shape index (κ3) is 3.34. The first-order valence-electron chi connectivity index (χ1n) is 8.77. The van der Waals surface area contributed by atoms with Gasteiger partial charge in [0.1, 0.15) is 5.84 Å². The van der Waals surface area contributed by atoms with Crippen molar-refractivity contribution in [3.05, 3.63) is 71.4 Å². The van der Waals surface area contributed by atoms with E-state index in [-0.39, 0.29) is 23.9 Å². The summed E-state index contributed by atoms with van der Waals surface area (Å²) in [4.78, 5) is 21.6. The quantitative estimate of drug-likeness (QED) is 0.661. The Morgan fingerprint density at radius 3 is 2.75 bits per heavy atom. The average Bonchev–Trinajstić information content (AvgIpc) is 2.95. The normalized spacial score (nSPS) is 16.0. The molecular formula is C20H18N4O3S. The van der Waals surface area contributed by atoms with E-state index in [2.05, 4.69) is 20.0 Å². The topological polar surface area (TPSA) is 101 Å². The Morgan fingerprint density at radius 1 is 1.14 bits per heavy atom. The number of aromatic nitrogens is 1. The molecule has 0 saturated heterocycles. The Morgan fingerprint density at radius 2 is 1.89 bits per heavy atom. The summed E-state index contributed by atoms with van der Waals surface area (Å²) in [6.45, 7) is 2.38. The second-order valence-electron chi connectivity index (χ2n) is 6.42. The molecular weight excluding hydrogens is 376 g/mol. The largest absolute Gasteiger partial charge is 0.350 e. The molecule has 7 nitrogen and oxygen atoms in total. The molecule has 4 rings (SSSR count). The number of hydrogen-bond acceptors (Lipinski definition) is 5. The Balaban J connectivity index is 1.47. The summed E-state index contributed by atoms with van der Waals surface area (Å²) >= 11 is 0. The lowest BCUT2D eigenvalue weighted by atomic mass is 10.1. The van der Waals surface area contributed by atoms with Crippen molar-refractivity contribution in [1.82, 2.24) is 15.0 Å². The van der Waals surface area contributed by atoms with Gasteiger partial charge >= 0.3 is 0 Å². The molecule has 28 heavy (non-hydrogen) atoms. The fourth-order valence-electron chi connectivity index (χ4n) is 3.18. The molecule has 8 heteroatoms. The van der Waals surface area contributed by atoms with Gasteiger partial charge < -0.3 is 5.32 Å². The zero-order chi connectivity index (χ0) is 19.7. The standard InChI is InChI=1S/C20H18N4O3S/c1-13-12-16(14-6-2-4-8-17(14)23-13)20(25)22-11-10-21-19-15-7-3-5-9-18(15)28(26,27)24-19/h2-9,12H,10-11H2,1H3,(H,21,24)(H,22,25). The highest BCUT2D eigenvalue weighted by atomic mass is 32.2. The number of aryl methyl sites for hydroxylation is 1. The monoisotopic (exact) mass is 394 g/mol. The van der Waals surface area contributed by atoms with Crippen molar-refractivity contribution >= 4 is 32.7 Å². The number of para-hydroxylation sites is 1. The van der Waals surface area contributed by atoms with E-state index in [1.165, 1.54) is 0 Å². The van der Waals surface area contributed by atoms with Crippen LogP contribution in [0, 0.1) is 6.92 Å². The second-order valence-corrected chi connectivity index (χ2v) is 8.07. The summed E-state index contributed by atoms with van der Waals surface area (Å²) < 4.78 is 26.6. The number of nitrogens with one attached hydrogen (secondary N) is 2. The van der Waals surface area contributed by atoms with Crippen molar-refractivity contribution in [2.45, 2.75) is 11.8 Å². The van der Waals surface area contributed by atoms with Crippen LogP contribution in [0.2, 0.25) is 0 Å². The number of benzene rings is 2. The molecule has 0 radical (unpaired) electrons. The van der Waals surface area contributed by atoms with Gasteiger partial charge in [-0.1, -0.05) is 30.3 Å². The molecule has 0 spiro atoms. The first kappa shape index (κ1) is 18.1. The number of carbonyl (C=O) groups is 1. The number of amidine groups is 1. The molecule has 0 saturated carbocycles. The van der Waals surface area contributed by atoms with E-state index in [1.54, 1.807) is 30.3 Å². The lowest BCUT2D eigenvalue weighted by Gasteiger charge is -2.08. The van der Waals surface area contributed by atoms with E-state index >= 15 is 0 Å². The van der Waals surface area contributed by atoms with Gasteiger partial charge in [0.2, 0.25) is 0 Å². The minimum Gasteiger partial charge on any atom is -0.350 e. The molecule has 0 atom stereocenters. The van der Waals surface area contributed by atoms with Crippen molar-refractivity contribution in [3.8, 4) is 0 Å². The first-order chi connectivity index (χ1) is 13.5. The highest BCUT2D eigenvalue weighted by Gasteiger charge is 2.29. The summed E-state index contributed by atoms with van der Waals surface area (Å²) in [5, 5.41) is 3.62. The number of rotatable bonds is 4. The maximum atomic E-state index is 12.6. The summed E-state index contributed by atoms with van der Waals surface area (Å²) in [6.07, 6.45) is 0. The molecule has 0 aliphatic carbocycles. The molecule has 0 fully saturated rings. The Labute approximate surface area is 162 Å².